The third-order valence-corrected chi connectivity index (χ3v) is 3.96. The Balaban J connectivity index is 2.41. The average Bonchev–Trinajstić information content (AvgIpc) is 2.51. The van der Waals surface area contributed by atoms with Crippen LogP contribution >= 0.6 is 0 Å². The predicted octanol–water partition coefficient (Wildman–Crippen LogP) is 2.37. The lowest BCUT2D eigenvalue weighted by Crippen LogP contribution is -2.56. The van der Waals surface area contributed by atoms with Crippen molar-refractivity contribution in [1.29, 1.82) is 0 Å². The highest BCUT2D eigenvalue weighted by molar-refractivity contribution is 5.85. The molecule has 1 fully saturated rings. The van der Waals surface area contributed by atoms with Gasteiger partial charge in [0.1, 0.15) is 23.5 Å². The van der Waals surface area contributed by atoms with Crippen LogP contribution in [0.4, 0.5) is 0 Å². The monoisotopic (exact) mass is 305 g/mol. The number of amides is 1. The number of morpholine rings is 1. The van der Waals surface area contributed by atoms with E-state index in [9.17, 15) is 9.59 Å². The van der Waals surface area contributed by atoms with Gasteiger partial charge in [-0.25, -0.2) is 4.79 Å². The molecule has 5 nitrogen and oxygen atoms in total. The third-order valence-electron chi connectivity index (χ3n) is 3.96. The molecule has 0 aromatic rings. The minimum Gasteiger partial charge on any atom is -0.497 e. The normalized spacial score (nSPS) is 24.3. The van der Waals surface area contributed by atoms with E-state index >= 15 is 0 Å². The second-order valence-electron chi connectivity index (χ2n) is 5.85. The Morgan fingerprint density at radius 2 is 2.14 bits per heavy atom. The number of carbonyl (C=O) groups excluding carboxylic acids is 2. The summed E-state index contributed by atoms with van der Waals surface area (Å²) in [5.41, 5.74) is 0.366. The Morgan fingerprint density at radius 1 is 1.41 bits per heavy atom. The molecule has 0 bridgehead atoms. The summed E-state index contributed by atoms with van der Waals surface area (Å²) in [6, 6.07) is -0.531. The van der Waals surface area contributed by atoms with Crippen molar-refractivity contribution in [1.82, 2.24) is 4.90 Å². The van der Waals surface area contributed by atoms with Gasteiger partial charge in [-0.3, -0.25) is 4.79 Å². The zero-order chi connectivity index (χ0) is 16.3. The molecule has 1 heterocycles. The van der Waals surface area contributed by atoms with Gasteiger partial charge in [0.05, 0.1) is 12.7 Å². The van der Waals surface area contributed by atoms with Gasteiger partial charge in [0.25, 0.3) is 5.91 Å². The Bertz CT molecular complexity index is 555. The predicted molar refractivity (Wildman–Crippen MR) is 82.5 cm³/mol. The molecule has 0 spiro atoms. The topological polar surface area (TPSA) is 55.8 Å². The zero-order valence-corrected chi connectivity index (χ0v) is 13.6. The van der Waals surface area contributed by atoms with Crippen LogP contribution in [0.2, 0.25) is 0 Å². The Labute approximate surface area is 131 Å². The molecule has 1 aliphatic heterocycles. The van der Waals surface area contributed by atoms with E-state index < -0.39 is 12.1 Å². The molecule has 0 aromatic carbocycles. The molecule has 120 valence electrons. The van der Waals surface area contributed by atoms with Gasteiger partial charge >= 0.3 is 0 Å². The van der Waals surface area contributed by atoms with Gasteiger partial charge in [-0.1, -0.05) is 13.3 Å². The largest absolute Gasteiger partial charge is 0.497 e. The lowest BCUT2D eigenvalue weighted by molar-refractivity contribution is -0.153. The number of nitrogens with zero attached hydrogens (tertiary/aromatic N) is 1. The number of fused-ring (bicyclic) bond motifs is 1. The fourth-order valence-corrected chi connectivity index (χ4v) is 2.87. The highest BCUT2D eigenvalue weighted by Gasteiger charge is 2.44. The Kier molecular flexibility index (Phi) is 5.09. The van der Waals surface area contributed by atoms with Gasteiger partial charge in [0.15, 0.2) is 6.10 Å². The molecule has 1 aliphatic carbocycles. The van der Waals surface area contributed by atoms with Gasteiger partial charge < -0.3 is 14.4 Å². The van der Waals surface area contributed by atoms with Crippen molar-refractivity contribution in [2.45, 2.75) is 58.2 Å². The second-order valence-corrected chi connectivity index (χ2v) is 5.85. The van der Waals surface area contributed by atoms with Crippen LogP contribution in [-0.4, -0.2) is 42.0 Å². The summed E-state index contributed by atoms with van der Waals surface area (Å²) >= 11 is 0. The number of carbonyl (C=O) groups is 1. The fourth-order valence-electron chi connectivity index (χ4n) is 2.87. The molecule has 22 heavy (non-hydrogen) atoms. The van der Waals surface area contributed by atoms with Crippen LogP contribution in [-0.2, 0) is 19.1 Å². The molecule has 1 saturated heterocycles. The maximum Gasteiger partial charge on any atom is 0.264 e. The van der Waals surface area contributed by atoms with Crippen molar-refractivity contribution in [3.8, 4) is 0 Å². The average molecular weight is 305 g/mol. The Morgan fingerprint density at radius 3 is 2.68 bits per heavy atom. The van der Waals surface area contributed by atoms with Crippen molar-refractivity contribution < 1.29 is 19.1 Å². The van der Waals surface area contributed by atoms with Crippen LogP contribution in [0.15, 0.2) is 29.2 Å². The van der Waals surface area contributed by atoms with Crippen LogP contribution in [0.3, 0.4) is 0 Å². The van der Waals surface area contributed by atoms with E-state index in [4.69, 9.17) is 9.47 Å². The Hall–Kier alpha value is -2.00. The van der Waals surface area contributed by atoms with Crippen LogP contribution in [0, 0.1) is 0 Å². The quantitative estimate of drug-likeness (QED) is 0.732. The summed E-state index contributed by atoms with van der Waals surface area (Å²) in [7, 11) is 1.54. The molecule has 2 rings (SSSR count). The summed E-state index contributed by atoms with van der Waals surface area (Å²) in [5, 5.41) is 0. The lowest BCUT2D eigenvalue weighted by Gasteiger charge is -2.44. The smallest absolute Gasteiger partial charge is 0.264 e. The molecule has 0 N–H and O–H groups in total. The first-order chi connectivity index (χ1) is 10.5. The van der Waals surface area contributed by atoms with Crippen LogP contribution in [0.1, 0.15) is 40.0 Å². The van der Waals surface area contributed by atoms with E-state index in [1.807, 2.05) is 19.8 Å². The number of unbranched alkanes of at least 4 members (excludes halogenated alkanes) is 1. The highest BCUT2D eigenvalue weighted by Crippen LogP contribution is 2.34. The molecule has 2 unspecified atom stereocenters. The molecule has 1 amide bonds. The maximum atomic E-state index is 12.7. The van der Waals surface area contributed by atoms with Crippen molar-refractivity contribution in [3.05, 3.63) is 29.2 Å². The standard InChI is InChI=1S/C17H23NO4/c1-5-6-7-14-17(20)18(11(2)3)16-12(10-19)8-13(21-4)9-15(16)22-14/h8-9,11,14,16H,5-7H2,1-4H3. The number of hydrogen-bond donors (Lipinski definition) is 0. The highest BCUT2D eigenvalue weighted by atomic mass is 16.5. The minimum absolute atomic E-state index is 0.0326. The second kappa shape index (κ2) is 6.84. The van der Waals surface area contributed by atoms with Crippen molar-refractivity contribution in [2.24, 2.45) is 0 Å². The van der Waals surface area contributed by atoms with E-state index in [0.29, 0.717) is 23.5 Å². The molecular formula is C17H23NO4. The van der Waals surface area contributed by atoms with Crippen molar-refractivity contribution in [2.75, 3.05) is 7.11 Å². The number of ether oxygens (including phenoxy) is 2. The summed E-state index contributed by atoms with van der Waals surface area (Å²) in [5.74, 6) is 2.99. The lowest BCUT2D eigenvalue weighted by atomic mass is 9.94. The maximum absolute atomic E-state index is 12.7. The summed E-state index contributed by atoms with van der Waals surface area (Å²) in [6.45, 7) is 5.96. The first-order valence-corrected chi connectivity index (χ1v) is 7.74. The summed E-state index contributed by atoms with van der Waals surface area (Å²) < 4.78 is 11.1. The molecule has 0 saturated carbocycles. The van der Waals surface area contributed by atoms with Crippen LogP contribution in [0.5, 0.6) is 0 Å². The number of rotatable bonds is 5. The number of hydrogen-bond acceptors (Lipinski definition) is 4. The van der Waals surface area contributed by atoms with Crippen LogP contribution in [0.25, 0.3) is 0 Å². The first kappa shape index (κ1) is 16.4. The van der Waals surface area contributed by atoms with E-state index in [1.54, 1.807) is 17.1 Å². The molecule has 5 heteroatoms. The number of methoxy groups -OCH3 is 1. The van der Waals surface area contributed by atoms with Crippen molar-refractivity contribution >= 4 is 11.8 Å². The van der Waals surface area contributed by atoms with E-state index in [1.165, 1.54) is 7.11 Å². The molecule has 0 aromatic heterocycles. The summed E-state index contributed by atoms with van der Waals surface area (Å²) in [4.78, 5) is 25.8. The van der Waals surface area contributed by atoms with Gasteiger partial charge in [-0.2, -0.15) is 0 Å². The van der Waals surface area contributed by atoms with Gasteiger partial charge in [-0.15, -0.1) is 0 Å². The minimum atomic E-state index is -0.498. The molecule has 2 aliphatic rings. The molecule has 2 atom stereocenters. The van der Waals surface area contributed by atoms with E-state index in [-0.39, 0.29) is 11.9 Å². The van der Waals surface area contributed by atoms with Gasteiger partial charge in [-0.05, 0) is 32.8 Å². The molecule has 0 radical (unpaired) electrons. The van der Waals surface area contributed by atoms with Crippen LogP contribution < -0.4 is 0 Å². The SMILES string of the molecule is CCCCC1OC2=CC(OC)=CC(=C=O)C2N(C(C)C)C1=O. The number of allylic oxidation sites excluding steroid dienone is 1. The third kappa shape index (κ3) is 2.95. The zero-order valence-electron chi connectivity index (χ0n) is 13.6. The van der Waals surface area contributed by atoms with Gasteiger partial charge in [0, 0.05) is 12.1 Å². The van der Waals surface area contributed by atoms with Crippen molar-refractivity contribution in [3.63, 3.8) is 0 Å². The fraction of sp³-hybridized carbons (Fsp3) is 0.588. The van der Waals surface area contributed by atoms with Gasteiger partial charge in [0.2, 0.25) is 0 Å². The summed E-state index contributed by atoms with van der Waals surface area (Å²) in [6.07, 6.45) is 5.47. The molecular weight excluding hydrogens is 282 g/mol. The van der Waals surface area contributed by atoms with E-state index in [0.717, 1.165) is 12.8 Å². The first-order valence-electron chi connectivity index (χ1n) is 7.74. The van der Waals surface area contributed by atoms with E-state index in [2.05, 4.69) is 6.92 Å².